The van der Waals surface area contributed by atoms with Crippen molar-refractivity contribution in [2.24, 2.45) is 0 Å². The van der Waals surface area contributed by atoms with E-state index in [1.165, 1.54) is 6.20 Å². The summed E-state index contributed by atoms with van der Waals surface area (Å²) in [5.74, 6) is 5.57. The highest BCUT2D eigenvalue weighted by molar-refractivity contribution is 5.92. The molecule has 0 atom stereocenters. The molecule has 1 amide bonds. The predicted octanol–water partition coefficient (Wildman–Crippen LogP) is 1.57. The van der Waals surface area contributed by atoms with Gasteiger partial charge < -0.3 is 5.32 Å². The second kappa shape index (κ2) is 6.31. The summed E-state index contributed by atoms with van der Waals surface area (Å²) in [6.07, 6.45) is 3.01. The highest BCUT2D eigenvalue weighted by atomic mass is 16.1. The molecule has 0 fully saturated rings. The minimum Gasteiger partial charge on any atom is -0.340 e. The summed E-state index contributed by atoms with van der Waals surface area (Å²) in [5.41, 5.74) is 2.00. The van der Waals surface area contributed by atoms with Crippen molar-refractivity contribution in [2.75, 3.05) is 6.54 Å². The Labute approximate surface area is 111 Å². The Balaban J connectivity index is 1.88. The maximum atomic E-state index is 11.7. The van der Waals surface area contributed by atoms with Gasteiger partial charge in [0.1, 0.15) is 5.69 Å². The summed E-state index contributed by atoms with van der Waals surface area (Å²) < 4.78 is 0. The molecular weight excluding hydrogens is 238 g/mol. The van der Waals surface area contributed by atoms with E-state index in [2.05, 4.69) is 27.1 Å². The smallest absolute Gasteiger partial charge is 0.272 e. The van der Waals surface area contributed by atoms with Gasteiger partial charge in [-0.3, -0.25) is 9.78 Å². The zero-order valence-electron chi connectivity index (χ0n) is 10.6. The van der Waals surface area contributed by atoms with E-state index in [4.69, 9.17) is 0 Å². The number of carbonyl (C=O) groups is 1. The van der Waals surface area contributed by atoms with Crippen molar-refractivity contribution in [2.45, 2.75) is 6.92 Å². The summed E-state index contributed by atoms with van der Waals surface area (Å²) >= 11 is 0. The lowest BCUT2D eigenvalue weighted by Gasteiger charge is -1.99. The normalized spacial score (nSPS) is 9.32. The van der Waals surface area contributed by atoms with Crippen molar-refractivity contribution in [1.82, 2.24) is 15.3 Å². The van der Waals surface area contributed by atoms with E-state index in [-0.39, 0.29) is 12.5 Å². The van der Waals surface area contributed by atoms with Crippen LogP contribution in [0.1, 0.15) is 21.7 Å². The fraction of sp³-hybridized carbons (Fsp3) is 0.133. The van der Waals surface area contributed by atoms with Gasteiger partial charge in [-0.05, 0) is 19.1 Å². The maximum absolute atomic E-state index is 11.7. The Bertz CT molecular complexity index is 609. The van der Waals surface area contributed by atoms with Gasteiger partial charge in [0.2, 0.25) is 0 Å². The van der Waals surface area contributed by atoms with Crippen molar-refractivity contribution >= 4 is 5.91 Å². The third-order valence-corrected chi connectivity index (χ3v) is 2.36. The van der Waals surface area contributed by atoms with Crippen LogP contribution in [0.3, 0.4) is 0 Å². The SMILES string of the molecule is Cc1cnc(C(=O)NCC#Cc2ccccc2)cn1. The molecule has 0 saturated heterocycles. The molecule has 0 bridgehead atoms. The molecule has 0 spiro atoms. The van der Waals surface area contributed by atoms with Crippen LogP contribution in [0.2, 0.25) is 0 Å². The minimum atomic E-state index is -0.269. The molecule has 0 radical (unpaired) electrons. The van der Waals surface area contributed by atoms with Crippen molar-refractivity contribution in [3.8, 4) is 11.8 Å². The predicted molar refractivity (Wildman–Crippen MR) is 72.4 cm³/mol. The van der Waals surface area contributed by atoms with Gasteiger partial charge in [-0.1, -0.05) is 30.0 Å². The Morgan fingerprint density at radius 2 is 2.00 bits per heavy atom. The lowest BCUT2D eigenvalue weighted by Crippen LogP contribution is -2.24. The van der Waals surface area contributed by atoms with Crippen LogP contribution in [0.4, 0.5) is 0 Å². The van der Waals surface area contributed by atoms with Crippen LogP contribution in [0.5, 0.6) is 0 Å². The number of nitrogens with zero attached hydrogens (tertiary/aromatic N) is 2. The zero-order chi connectivity index (χ0) is 13.5. The number of hydrogen-bond acceptors (Lipinski definition) is 3. The number of nitrogens with one attached hydrogen (secondary N) is 1. The van der Waals surface area contributed by atoms with Crippen LogP contribution in [-0.2, 0) is 0 Å². The van der Waals surface area contributed by atoms with Crippen LogP contribution >= 0.6 is 0 Å². The molecule has 19 heavy (non-hydrogen) atoms. The van der Waals surface area contributed by atoms with Crippen molar-refractivity contribution in [3.05, 3.63) is 59.7 Å². The standard InChI is InChI=1S/C15H13N3O/c1-12-10-18-14(11-17-12)15(19)16-9-5-8-13-6-3-2-4-7-13/h2-4,6-7,10-11H,9H2,1H3,(H,16,19). The fourth-order valence-corrected chi connectivity index (χ4v) is 1.39. The molecule has 1 heterocycles. The first-order valence-electron chi connectivity index (χ1n) is 5.86. The highest BCUT2D eigenvalue weighted by Gasteiger charge is 2.05. The summed E-state index contributed by atoms with van der Waals surface area (Å²) in [7, 11) is 0. The fourth-order valence-electron chi connectivity index (χ4n) is 1.39. The van der Waals surface area contributed by atoms with E-state index in [0.29, 0.717) is 5.69 Å². The van der Waals surface area contributed by atoms with Crippen LogP contribution in [-0.4, -0.2) is 22.4 Å². The van der Waals surface area contributed by atoms with Gasteiger partial charge in [0.25, 0.3) is 5.91 Å². The monoisotopic (exact) mass is 251 g/mol. The Morgan fingerprint density at radius 1 is 1.21 bits per heavy atom. The first kappa shape index (κ1) is 12.8. The van der Waals surface area contributed by atoms with Gasteiger partial charge in [0.15, 0.2) is 0 Å². The molecule has 0 aliphatic rings. The lowest BCUT2D eigenvalue weighted by atomic mass is 10.2. The molecular formula is C15H13N3O. The zero-order valence-corrected chi connectivity index (χ0v) is 10.6. The Morgan fingerprint density at radius 3 is 2.68 bits per heavy atom. The molecule has 0 unspecified atom stereocenters. The largest absolute Gasteiger partial charge is 0.340 e. The van der Waals surface area contributed by atoms with E-state index in [1.807, 2.05) is 37.3 Å². The number of carbonyl (C=O) groups excluding carboxylic acids is 1. The number of benzene rings is 1. The maximum Gasteiger partial charge on any atom is 0.272 e. The first-order valence-corrected chi connectivity index (χ1v) is 5.86. The molecule has 94 valence electrons. The van der Waals surface area contributed by atoms with Crippen molar-refractivity contribution in [1.29, 1.82) is 0 Å². The van der Waals surface area contributed by atoms with Crippen LogP contribution in [0.15, 0.2) is 42.7 Å². The molecule has 2 rings (SSSR count). The van der Waals surface area contributed by atoms with Gasteiger partial charge in [-0.15, -0.1) is 0 Å². The van der Waals surface area contributed by atoms with Crippen LogP contribution in [0, 0.1) is 18.8 Å². The quantitative estimate of drug-likeness (QED) is 0.824. The first-order chi connectivity index (χ1) is 9.25. The highest BCUT2D eigenvalue weighted by Crippen LogP contribution is 1.95. The third kappa shape index (κ3) is 3.93. The number of rotatable bonds is 2. The van der Waals surface area contributed by atoms with Gasteiger partial charge in [-0.2, -0.15) is 0 Å². The topological polar surface area (TPSA) is 54.9 Å². The van der Waals surface area contributed by atoms with E-state index in [9.17, 15) is 4.79 Å². The number of hydrogen-bond donors (Lipinski definition) is 1. The van der Waals surface area contributed by atoms with Gasteiger partial charge >= 0.3 is 0 Å². The second-order valence-electron chi connectivity index (χ2n) is 3.89. The average Bonchev–Trinajstić information content (AvgIpc) is 2.45. The van der Waals surface area contributed by atoms with Crippen LogP contribution < -0.4 is 5.32 Å². The van der Waals surface area contributed by atoms with Crippen molar-refractivity contribution < 1.29 is 4.79 Å². The van der Waals surface area contributed by atoms with Crippen LogP contribution in [0.25, 0.3) is 0 Å². The molecule has 4 nitrogen and oxygen atoms in total. The van der Waals surface area contributed by atoms with Gasteiger partial charge in [0.05, 0.1) is 18.4 Å². The minimum absolute atomic E-state index is 0.269. The second-order valence-corrected chi connectivity index (χ2v) is 3.89. The molecule has 0 aliphatic heterocycles. The molecule has 1 aromatic heterocycles. The molecule has 1 aromatic carbocycles. The molecule has 2 aromatic rings. The van der Waals surface area contributed by atoms with Gasteiger partial charge in [-0.25, -0.2) is 4.98 Å². The summed E-state index contributed by atoms with van der Waals surface area (Å²) in [6, 6.07) is 9.61. The van der Waals surface area contributed by atoms with Gasteiger partial charge in [0, 0.05) is 11.8 Å². The van der Waals surface area contributed by atoms with E-state index in [0.717, 1.165) is 11.3 Å². The number of aryl methyl sites for hydroxylation is 1. The number of aromatic nitrogens is 2. The summed E-state index contributed by atoms with van der Waals surface area (Å²) in [4.78, 5) is 19.7. The molecule has 0 saturated carbocycles. The Kier molecular flexibility index (Phi) is 4.25. The van der Waals surface area contributed by atoms with E-state index < -0.39 is 0 Å². The third-order valence-electron chi connectivity index (χ3n) is 2.36. The summed E-state index contributed by atoms with van der Waals surface area (Å²) in [6.45, 7) is 2.10. The lowest BCUT2D eigenvalue weighted by molar-refractivity contribution is 0.0953. The van der Waals surface area contributed by atoms with Crippen molar-refractivity contribution in [3.63, 3.8) is 0 Å². The molecule has 4 heteroatoms. The number of amides is 1. The van der Waals surface area contributed by atoms with E-state index in [1.54, 1.807) is 6.20 Å². The summed E-state index contributed by atoms with van der Waals surface area (Å²) in [5, 5.41) is 2.67. The molecule has 1 N–H and O–H groups in total. The van der Waals surface area contributed by atoms with E-state index >= 15 is 0 Å². The molecule has 0 aliphatic carbocycles. The Hall–Kier alpha value is -2.67. The average molecular weight is 251 g/mol.